The maximum Gasteiger partial charge on any atom is 0.244 e. The Bertz CT molecular complexity index is 453. The van der Waals surface area contributed by atoms with E-state index in [2.05, 4.69) is 5.32 Å². The van der Waals surface area contributed by atoms with Crippen LogP contribution < -0.4 is 11.1 Å². The fraction of sp³-hybridized carbons (Fsp3) is 0.571. The highest BCUT2D eigenvalue weighted by atomic mass is 32.1. The van der Waals surface area contributed by atoms with Crippen LogP contribution in [0.15, 0.2) is 17.5 Å². The molecule has 0 saturated carbocycles. The van der Waals surface area contributed by atoms with Crippen LogP contribution in [0.3, 0.4) is 0 Å². The van der Waals surface area contributed by atoms with Gasteiger partial charge in [0.1, 0.15) is 6.04 Å². The Labute approximate surface area is 123 Å². The lowest BCUT2D eigenvalue weighted by atomic mass is 10.0. The molecule has 1 atom stereocenters. The number of amides is 2. The second-order valence-corrected chi connectivity index (χ2v) is 5.99. The summed E-state index contributed by atoms with van der Waals surface area (Å²) in [5.74, 6) is 0.0535. The van der Waals surface area contributed by atoms with E-state index in [0.29, 0.717) is 19.5 Å². The van der Waals surface area contributed by atoms with Crippen LogP contribution in [0.25, 0.3) is 0 Å². The number of nitrogens with two attached hydrogens (primary N) is 1. The predicted octanol–water partition coefficient (Wildman–Crippen LogP) is 1.27. The number of hydrogen-bond donors (Lipinski definition) is 2. The third kappa shape index (κ3) is 3.58. The molecule has 1 aliphatic heterocycles. The first kappa shape index (κ1) is 15.0. The number of nitrogens with one attached hydrogen (secondary N) is 1. The number of carbonyl (C=O) groups is 2. The van der Waals surface area contributed by atoms with Crippen molar-refractivity contribution in [3.05, 3.63) is 22.4 Å². The highest BCUT2D eigenvalue weighted by Gasteiger charge is 2.27. The third-order valence-corrected chi connectivity index (χ3v) is 4.56. The normalized spacial score (nSPS) is 17.8. The van der Waals surface area contributed by atoms with Crippen LogP contribution in [-0.4, -0.2) is 35.8 Å². The van der Waals surface area contributed by atoms with Crippen molar-refractivity contribution < 1.29 is 9.59 Å². The van der Waals surface area contributed by atoms with Crippen LogP contribution in [0, 0.1) is 0 Å². The Kier molecular flexibility index (Phi) is 5.14. The van der Waals surface area contributed by atoms with Crippen molar-refractivity contribution in [2.24, 2.45) is 5.73 Å². The average molecular weight is 295 g/mol. The van der Waals surface area contributed by atoms with E-state index in [1.165, 1.54) is 11.3 Å². The first-order valence-corrected chi connectivity index (χ1v) is 7.87. The SMILES string of the molecule is CCC(=O)NC1CCN(C(=O)C(N)c2cccs2)CC1. The van der Waals surface area contributed by atoms with Gasteiger partial charge in [0.15, 0.2) is 0 Å². The number of carbonyl (C=O) groups excluding carboxylic acids is 2. The van der Waals surface area contributed by atoms with E-state index in [1.54, 1.807) is 4.90 Å². The van der Waals surface area contributed by atoms with Gasteiger partial charge >= 0.3 is 0 Å². The molecule has 2 amide bonds. The monoisotopic (exact) mass is 295 g/mol. The molecule has 1 saturated heterocycles. The van der Waals surface area contributed by atoms with Gasteiger partial charge < -0.3 is 16.0 Å². The standard InChI is InChI=1S/C14H21N3O2S/c1-2-12(18)16-10-5-7-17(8-6-10)14(19)13(15)11-4-3-9-20-11/h3-4,9-10,13H,2,5-8,15H2,1H3,(H,16,18). The molecule has 6 heteroatoms. The zero-order valence-corrected chi connectivity index (χ0v) is 12.5. The zero-order chi connectivity index (χ0) is 14.5. The minimum absolute atomic E-state index is 0.0206. The molecule has 20 heavy (non-hydrogen) atoms. The maximum atomic E-state index is 12.3. The molecule has 0 aliphatic carbocycles. The largest absolute Gasteiger partial charge is 0.353 e. The molecule has 0 radical (unpaired) electrons. The number of piperidine rings is 1. The highest BCUT2D eigenvalue weighted by Crippen LogP contribution is 2.21. The summed E-state index contributed by atoms with van der Waals surface area (Å²) in [5, 5.41) is 4.90. The van der Waals surface area contributed by atoms with Crippen molar-refractivity contribution in [3.63, 3.8) is 0 Å². The lowest BCUT2D eigenvalue weighted by molar-refractivity contribution is -0.133. The first-order chi connectivity index (χ1) is 9.61. The quantitative estimate of drug-likeness (QED) is 0.878. The average Bonchev–Trinajstić information content (AvgIpc) is 3.00. The predicted molar refractivity (Wildman–Crippen MR) is 79.3 cm³/mol. The van der Waals surface area contributed by atoms with Gasteiger partial charge in [-0.15, -0.1) is 11.3 Å². The molecular weight excluding hydrogens is 274 g/mol. The van der Waals surface area contributed by atoms with E-state index in [0.717, 1.165) is 17.7 Å². The number of nitrogens with zero attached hydrogens (tertiary/aromatic N) is 1. The summed E-state index contributed by atoms with van der Waals surface area (Å²) in [6.45, 7) is 3.16. The summed E-state index contributed by atoms with van der Waals surface area (Å²) in [6, 6.07) is 3.42. The summed E-state index contributed by atoms with van der Waals surface area (Å²) in [7, 11) is 0. The summed E-state index contributed by atoms with van der Waals surface area (Å²) >= 11 is 1.51. The minimum atomic E-state index is -0.559. The van der Waals surface area contributed by atoms with E-state index in [9.17, 15) is 9.59 Å². The van der Waals surface area contributed by atoms with E-state index in [-0.39, 0.29) is 17.9 Å². The van der Waals surface area contributed by atoms with E-state index < -0.39 is 6.04 Å². The molecule has 2 rings (SSSR count). The number of hydrogen-bond acceptors (Lipinski definition) is 4. The molecule has 0 bridgehead atoms. The van der Waals surface area contributed by atoms with Crippen LogP contribution in [-0.2, 0) is 9.59 Å². The molecule has 2 heterocycles. The van der Waals surface area contributed by atoms with Crippen molar-refractivity contribution in [2.45, 2.75) is 38.3 Å². The Hall–Kier alpha value is -1.40. The number of thiophene rings is 1. The maximum absolute atomic E-state index is 12.3. The van der Waals surface area contributed by atoms with Gasteiger partial charge in [-0.25, -0.2) is 0 Å². The second kappa shape index (κ2) is 6.85. The van der Waals surface area contributed by atoms with Gasteiger partial charge in [-0.3, -0.25) is 9.59 Å². The Balaban J connectivity index is 1.84. The Morgan fingerprint density at radius 3 is 2.75 bits per heavy atom. The lowest BCUT2D eigenvalue weighted by Gasteiger charge is -2.33. The molecule has 1 unspecified atom stereocenters. The van der Waals surface area contributed by atoms with Crippen LogP contribution in [0.2, 0.25) is 0 Å². The van der Waals surface area contributed by atoms with Crippen molar-refractivity contribution in [3.8, 4) is 0 Å². The smallest absolute Gasteiger partial charge is 0.244 e. The van der Waals surface area contributed by atoms with Crippen LogP contribution in [0.5, 0.6) is 0 Å². The topological polar surface area (TPSA) is 75.4 Å². The molecule has 110 valence electrons. The Morgan fingerprint density at radius 2 is 2.20 bits per heavy atom. The summed E-state index contributed by atoms with van der Waals surface area (Å²) in [4.78, 5) is 26.4. The highest BCUT2D eigenvalue weighted by molar-refractivity contribution is 7.10. The van der Waals surface area contributed by atoms with Crippen LogP contribution in [0.1, 0.15) is 37.1 Å². The number of likely N-dealkylation sites (tertiary alicyclic amines) is 1. The van der Waals surface area contributed by atoms with Crippen LogP contribution in [0.4, 0.5) is 0 Å². The molecule has 3 N–H and O–H groups in total. The van der Waals surface area contributed by atoms with Gasteiger partial charge in [0, 0.05) is 30.4 Å². The Morgan fingerprint density at radius 1 is 1.50 bits per heavy atom. The fourth-order valence-corrected chi connectivity index (χ4v) is 3.08. The second-order valence-electron chi connectivity index (χ2n) is 5.01. The number of rotatable bonds is 4. The van der Waals surface area contributed by atoms with E-state index >= 15 is 0 Å². The summed E-state index contributed by atoms with van der Waals surface area (Å²) < 4.78 is 0. The molecule has 0 aromatic carbocycles. The summed E-state index contributed by atoms with van der Waals surface area (Å²) in [5.41, 5.74) is 6.00. The van der Waals surface area contributed by atoms with E-state index in [4.69, 9.17) is 5.73 Å². The molecule has 5 nitrogen and oxygen atoms in total. The molecule has 0 spiro atoms. The molecule has 1 aliphatic rings. The van der Waals surface area contributed by atoms with E-state index in [1.807, 2.05) is 24.4 Å². The molecule has 1 aromatic heterocycles. The summed E-state index contributed by atoms with van der Waals surface area (Å²) in [6.07, 6.45) is 2.10. The third-order valence-electron chi connectivity index (χ3n) is 3.61. The fourth-order valence-electron chi connectivity index (χ4n) is 2.36. The van der Waals surface area contributed by atoms with Gasteiger partial charge in [-0.1, -0.05) is 13.0 Å². The molecular formula is C14H21N3O2S. The van der Waals surface area contributed by atoms with Crippen molar-refractivity contribution in [2.75, 3.05) is 13.1 Å². The molecule has 1 fully saturated rings. The lowest BCUT2D eigenvalue weighted by Crippen LogP contribution is -2.48. The molecule has 1 aromatic rings. The van der Waals surface area contributed by atoms with Gasteiger partial charge in [0.2, 0.25) is 11.8 Å². The van der Waals surface area contributed by atoms with Gasteiger partial charge in [-0.05, 0) is 24.3 Å². The van der Waals surface area contributed by atoms with Crippen LogP contribution >= 0.6 is 11.3 Å². The minimum Gasteiger partial charge on any atom is -0.353 e. The van der Waals surface area contributed by atoms with Gasteiger partial charge in [0.05, 0.1) is 0 Å². The van der Waals surface area contributed by atoms with Gasteiger partial charge in [0.25, 0.3) is 0 Å². The zero-order valence-electron chi connectivity index (χ0n) is 11.7. The van der Waals surface area contributed by atoms with Gasteiger partial charge in [-0.2, -0.15) is 0 Å². The van der Waals surface area contributed by atoms with Crippen molar-refractivity contribution in [1.82, 2.24) is 10.2 Å². The first-order valence-electron chi connectivity index (χ1n) is 6.99. The van der Waals surface area contributed by atoms with Crippen molar-refractivity contribution in [1.29, 1.82) is 0 Å². The van der Waals surface area contributed by atoms with Crippen molar-refractivity contribution >= 4 is 23.2 Å².